The molecule has 2 N–H and O–H groups in total. The normalized spacial score (nSPS) is 10.9. The van der Waals surface area contributed by atoms with Gasteiger partial charge < -0.3 is 15.4 Å². The first-order chi connectivity index (χ1) is 14.2. The van der Waals surface area contributed by atoms with Crippen LogP contribution in [-0.4, -0.2) is 46.7 Å². The zero-order chi connectivity index (χ0) is 22.3. The van der Waals surface area contributed by atoms with Crippen molar-refractivity contribution in [3.8, 4) is 5.75 Å². The predicted molar refractivity (Wildman–Crippen MR) is 118 cm³/mol. The lowest BCUT2D eigenvalue weighted by molar-refractivity contribution is -0.114. The summed E-state index contributed by atoms with van der Waals surface area (Å²) < 4.78 is 31.1. The molecule has 30 heavy (non-hydrogen) atoms. The van der Waals surface area contributed by atoms with E-state index in [0.29, 0.717) is 23.5 Å². The number of ether oxygens (including phenoxy) is 1. The van der Waals surface area contributed by atoms with Crippen molar-refractivity contribution >= 4 is 33.2 Å². The number of carbonyl (C=O) groups excluding carboxylic acids is 2. The number of rotatable bonds is 9. The zero-order valence-electron chi connectivity index (χ0n) is 17.6. The number of aryl methyl sites for hydroxylation is 1. The number of sulfonamides is 1. The van der Waals surface area contributed by atoms with Crippen LogP contribution in [0.3, 0.4) is 0 Å². The molecular formula is C21H27N3O5S. The van der Waals surface area contributed by atoms with E-state index >= 15 is 0 Å². The monoisotopic (exact) mass is 433 g/mol. The summed E-state index contributed by atoms with van der Waals surface area (Å²) in [5.74, 6) is -0.564. The minimum absolute atomic E-state index is 0.268. The Morgan fingerprint density at radius 3 is 2.47 bits per heavy atom. The van der Waals surface area contributed by atoms with Gasteiger partial charge in [0.15, 0.2) is 0 Å². The minimum atomic E-state index is -3.78. The first-order valence-corrected chi connectivity index (χ1v) is 11.3. The molecule has 0 saturated heterocycles. The molecule has 0 spiro atoms. The van der Waals surface area contributed by atoms with Gasteiger partial charge in [-0.1, -0.05) is 25.1 Å². The van der Waals surface area contributed by atoms with Crippen molar-refractivity contribution in [3.63, 3.8) is 0 Å². The fourth-order valence-corrected chi connectivity index (χ4v) is 3.67. The summed E-state index contributed by atoms with van der Waals surface area (Å²) in [6.45, 7) is 3.79. The van der Waals surface area contributed by atoms with E-state index in [2.05, 4.69) is 10.6 Å². The molecule has 0 aliphatic carbocycles. The highest BCUT2D eigenvalue weighted by atomic mass is 32.2. The topological polar surface area (TPSA) is 105 Å². The van der Waals surface area contributed by atoms with E-state index in [4.69, 9.17) is 4.74 Å². The number of para-hydroxylation sites is 1. The van der Waals surface area contributed by atoms with Crippen LogP contribution in [0.25, 0.3) is 0 Å². The summed E-state index contributed by atoms with van der Waals surface area (Å²) in [7, 11) is -2.35. The van der Waals surface area contributed by atoms with Gasteiger partial charge in [0.05, 0.1) is 30.3 Å². The highest BCUT2D eigenvalue weighted by Gasteiger charge is 2.25. The summed E-state index contributed by atoms with van der Waals surface area (Å²) in [6, 6.07) is 11.6. The predicted octanol–water partition coefficient (Wildman–Crippen LogP) is 2.55. The lowest BCUT2D eigenvalue weighted by atomic mass is 10.1. The van der Waals surface area contributed by atoms with Crippen LogP contribution in [0.5, 0.6) is 5.75 Å². The van der Waals surface area contributed by atoms with Crippen LogP contribution in [0.2, 0.25) is 0 Å². The smallest absolute Gasteiger partial charge is 0.253 e. The summed E-state index contributed by atoms with van der Waals surface area (Å²) in [5.41, 5.74) is 1.70. The van der Waals surface area contributed by atoms with Gasteiger partial charge >= 0.3 is 0 Å². The number of amides is 2. The van der Waals surface area contributed by atoms with Crippen LogP contribution in [0.15, 0.2) is 42.5 Å². The molecule has 2 aromatic rings. The van der Waals surface area contributed by atoms with Gasteiger partial charge in [-0.3, -0.25) is 13.9 Å². The molecular weight excluding hydrogens is 406 g/mol. The summed E-state index contributed by atoms with van der Waals surface area (Å²) in [5, 5.41) is 5.41. The SMILES string of the molecule is CCCNC(=O)c1ccccc1NC(=O)CN(c1cc(C)ccc1OC)S(C)(=O)=O. The number of methoxy groups -OCH3 is 1. The van der Waals surface area contributed by atoms with E-state index in [1.807, 2.05) is 13.8 Å². The second-order valence-electron chi connectivity index (χ2n) is 6.79. The van der Waals surface area contributed by atoms with Crippen molar-refractivity contribution in [2.75, 3.05) is 36.1 Å². The average Bonchev–Trinajstić information content (AvgIpc) is 2.69. The molecule has 0 unspecified atom stereocenters. The lowest BCUT2D eigenvalue weighted by Gasteiger charge is -2.24. The third-order valence-corrected chi connectivity index (χ3v) is 5.40. The first-order valence-electron chi connectivity index (χ1n) is 9.46. The number of hydrogen-bond donors (Lipinski definition) is 2. The molecule has 0 aromatic heterocycles. The largest absolute Gasteiger partial charge is 0.495 e. The van der Waals surface area contributed by atoms with Crippen molar-refractivity contribution in [1.29, 1.82) is 0 Å². The summed E-state index contributed by atoms with van der Waals surface area (Å²) >= 11 is 0. The third-order valence-electron chi connectivity index (χ3n) is 4.27. The van der Waals surface area contributed by atoms with E-state index < -0.39 is 22.5 Å². The Labute approximate surface area is 177 Å². The van der Waals surface area contributed by atoms with E-state index in [1.54, 1.807) is 42.5 Å². The van der Waals surface area contributed by atoms with Gasteiger partial charge in [0, 0.05) is 6.54 Å². The second kappa shape index (κ2) is 10.1. The van der Waals surface area contributed by atoms with Gasteiger partial charge in [0.2, 0.25) is 15.9 Å². The first kappa shape index (κ1) is 23.2. The molecule has 0 aliphatic heterocycles. The molecule has 2 rings (SSSR count). The third kappa shape index (κ3) is 5.96. The Bertz CT molecular complexity index is 1020. The molecule has 0 atom stereocenters. The fraction of sp³-hybridized carbons (Fsp3) is 0.333. The average molecular weight is 434 g/mol. The Balaban J connectivity index is 2.30. The van der Waals surface area contributed by atoms with E-state index in [-0.39, 0.29) is 11.6 Å². The molecule has 162 valence electrons. The minimum Gasteiger partial charge on any atom is -0.495 e. The highest BCUT2D eigenvalue weighted by molar-refractivity contribution is 7.92. The van der Waals surface area contributed by atoms with Crippen molar-refractivity contribution in [2.45, 2.75) is 20.3 Å². The van der Waals surface area contributed by atoms with Crippen molar-refractivity contribution in [2.24, 2.45) is 0 Å². The molecule has 0 radical (unpaired) electrons. The molecule has 9 heteroatoms. The molecule has 0 aliphatic rings. The molecule has 0 bridgehead atoms. The summed E-state index contributed by atoms with van der Waals surface area (Å²) in [4.78, 5) is 25.1. The molecule has 0 heterocycles. The van der Waals surface area contributed by atoms with Gasteiger partial charge in [0.25, 0.3) is 5.91 Å². The fourth-order valence-electron chi connectivity index (χ4n) is 2.82. The Morgan fingerprint density at radius 2 is 1.83 bits per heavy atom. The molecule has 2 aromatic carbocycles. The maximum absolute atomic E-state index is 12.7. The number of benzene rings is 2. The van der Waals surface area contributed by atoms with Crippen molar-refractivity contribution in [3.05, 3.63) is 53.6 Å². The van der Waals surface area contributed by atoms with Crippen LogP contribution in [0, 0.1) is 6.92 Å². The standard InChI is InChI=1S/C21H27N3O5S/c1-5-12-22-21(26)16-8-6-7-9-17(16)23-20(25)14-24(30(4,27)28)18-13-15(2)10-11-19(18)29-3/h6-11,13H,5,12,14H2,1-4H3,(H,22,26)(H,23,25). The van der Waals surface area contributed by atoms with Crippen molar-refractivity contribution in [1.82, 2.24) is 5.32 Å². The molecule has 8 nitrogen and oxygen atoms in total. The zero-order valence-corrected chi connectivity index (χ0v) is 18.4. The van der Waals surface area contributed by atoms with Crippen LogP contribution < -0.4 is 19.7 Å². The van der Waals surface area contributed by atoms with E-state index in [1.165, 1.54) is 7.11 Å². The number of nitrogens with one attached hydrogen (secondary N) is 2. The summed E-state index contributed by atoms with van der Waals surface area (Å²) in [6.07, 6.45) is 1.80. The molecule has 0 saturated carbocycles. The van der Waals surface area contributed by atoms with Crippen molar-refractivity contribution < 1.29 is 22.7 Å². The van der Waals surface area contributed by atoms with Crippen LogP contribution in [-0.2, 0) is 14.8 Å². The Hall–Kier alpha value is -3.07. The van der Waals surface area contributed by atoms with Crippen LogP contribution in [0.1, 0.15) is 29.3 Å². The van der Waals surface area contributed by atoms with Gasteiger partial charge in [-0.25, -0.2) is 8.42 Å². The Kier molecular flexibility index (Phi) is 7.82. The second-order valence-corrected chi connectivity index (χ2v) is 8.70. The quantitative estimate of drug-likeness (QED) is 0.632. The van der Waals surface area contributed by atoms with E-state index in [9.17, 15) is 18.0 Å². The number of hydrogen-bond acceptors (Lipinski definition) is 5. The molecule has 0 fully saturated rings. The van der Waals surface area contributed by atoms with Gasteiger partial charge in [-0.05, 0) is 43.2 Å². The highest BCUT2D eigenvalue weighted by Crippen LogP contribution is 2.31. The lowest BCUT2D eigenvalue weighted by Crippen LogP contribution is -2.38. The van der Waals surface area contributed by atoms with E-state index in [0.717, 1.165) is 22.5 Å². The van der Waals surface area contributed by atoms with Gasteiger partial charge in [0.1, 0.15) is 12.3 Å². The Morgan fingerprint density at radius 1 is 1.13 bits per heavy atom. The van der Waals surface area contributed by atoms with Gasteiger partial charge in [-0.2, -0.15) is 0 Å². The maximum Gasteiger partial charge on any atom is 0.253 e. The van der Waals surface area contributed by atoms with Crippen LogP contribution >= 0.6 is 0 Å². The molecule has 2 amide bonds. The number of nitrogens with zero attached hydrogens (tertiary/aromatic N) is 1. The maximum atomic E-state index is 12.7. The number of anilines is 2. The number of carbonyl (C=O) groups is 2. The van der Waals surface area contributed by atoms with Gasteiger partial charge in [-0.15, -0.1) is 0 Å². The van der Waals surface area contributed by atoms with Crippen LogP contribution in [0.4, 0.5) is 11.4 Å².